The molecule has 0 fully saturated rings. The second kappa shape index (κ2) is 7.58. The molecular formula is C18H18N4O4S. The van der Waals surface area contributed by atoms with E-state index in [0.29, 0.717) is 5.69 Å². The molecule has 2 aromatic carbocycles. The second-order valence-electron chi connectivity index (χ2n) is 6.11. The molecule has 1 aliphatic carbocycles. The number of rotatable bonds is 6. The Morgan fingerprint density at radius 3 is 2.48 bits per heavy atom. The molecule has 0 aliphatic heterocycles. The van der Waals surface area contributed by atoms with Crippen LogP contribution in [0.2, 0.25) is 0 Å². The van der Waals surface area contributed by atoms with Crippen molar-refractivity contribution in [3.05, 3.63) is 70.3 Å². The fraction of sp³-hybridized carbons (Fsp3) is 0.167. The van der Waals surface area contributed by atoms with Crippen LogP contribution in [0.4, 0.5) is 17.1 Å². The van der Waals surface area contributed by atoms with E-state index in [2.05, 4.69) is 15.2 Å². The standard InChI is InChI=1S/C18H18N4O4S/c1-13-7-8-15(11-13)19-20-17-10-9-16(12-18(17)22(23)24)27(25,26)21-14-5-3-2-4-6-14/h2-6,9-12,20-21H,7-8H2,1H3/b19-15-. The van der Waals surface area contributed by atoms with Crippen LogP contribution in [-0.4, -0.2) is 19.1 Å². The number of hydrazone groups is 1. The van der Waals surface area contributed by atoms with Crippen LogP contribution >= 0.6 is 0 Å². The summed E-state index contributed by atoms with van der Waals surface area (Å²) in [6.07, 6.45) is 3.59. The summed E-state index contributed by atoms with van der Waals surface area (Å²) >= 11 is 0. The second-order valence-corrected chi connectivity index (χ2v) is 7.80. The molecule has 0 spiro atoms. The van der Waals surface area contributed by atoms with Crippen molar-refractivity contribution in [2.75, 3.05) is 10.1 Å². The molecule has 0 saturated carbocycles. The quantitative estimate of drug-likeness (QED) is 0.577. The van der Waals surface area contributed by atoms with E-state index < -0.39 is 14.9 Å². The molecule has 0 saturated heterocycles. The van der Waals surface area contributed by atoms with Crippen LogP contribution in [-0.2, 0) is 10.0 Å². The summed E-state index contributed by atoms with van der Waals surface area (Å²) in [6.45, 7) is 1.99. The van der Waals surface area contributed by atoms with Crippen LogP contribution in [0.15, 0.2) is 70.2 Å². The molecule has 0 unspecified atom stereocenters. The molecule has 140 valence electrons. The molecule has 0 radical (unpaired) electrons. The fourth-order valence-electron chi connectivity index (χ4n) is 2.62. The number of nitro benzene ring substituents is 1. The molecule has 2 aromatic rings. The van der Waals surface area contributed by atoms with Gasteiger partial charge in [-0.05, 0) is 50.1 Å². The Hall–Kier alpha value is -3.20. The van der Waals surface area contributed by atoms with Gasteiger partial charge in [0.2, 0.25) is 0 Å². The normalized spacial score (nSPS) is 15.4. The summed E-state index contributed by atoms with van der Waals surface area (Å²) in [5.41, 5.74) is 4.80. The van der Waals surface area contributed by atoms with E-state index in [1.54, 1.807) is 30.3 Å². The first-order chi connectivity index (χ1) is 12.8. The number of allylic oxidation sites excluding steroid dienone is 2. The molecule has 0 amide bonds. The number of para-hydroxylation sites is 1. The highest BCUT2D eigenvalue weighted by Gasteiger charge is 2.21. The molecule has 0 heterocycles. The first kappa shape index (κ1) is 18.6. The van der Waals surface area contributed by atoms with E-state index in [1.165, 1.54) is 17.7 Å². The predicted octanol–water partition coefficient (Wildman–Crippen LogP) is 3.90. The maximum atomic E-state index is 12.5. The third-order valence-corrected chi connectivity index (χ3v) is 5.39. The Bertz CT molecular complexity index is 1030. The summed E-state index contributed by atoms with van der Waals surface area (Å²) in [5.74, 6) is 0. The van der Waals surface area contributed by atoms with E-state index in [-0.39, 0.29) is 16.3 Å². The zero-order valence-electron chi connectivity index (χ0n) is 14.5. The van der Waals surface area contributed by atoms with E-state index >= 15 is 0 Å². The van der Waals surface area contributed by atoms with Gasteiger partial charge in [0.1, 0.15) is 5.69 Å². The average molecular weight is 386 g/mol. The molecule has 1 aliphatic rings. The van der Waals surface area contributed by atoms with Crippen molar-refractivity contribution in [2.24, 2.45) is 5.10 Å². The lowest BCUT2D eigenvalue weighted by molar-refractivity contribution is -0.384. The number of hydrogen-bond donors (Lipinski definition) is 2. The number of sulfonamides is 1. The van der Waals surface area contributed by atoms with Crippen molar-refractivity contribution < 1.29 is 13.3 Å². The van der Waals surface area contributed by atoms with Gasteiger partial charge in [0, 0.05) is 11.8 Å². The number of nitro groups is 1. The van der Waals surface area contributed by atoms with Gasteiger partial charge in [-0.25, -0.2) is 8.42 Å². The number of anilines is 2. The van der Waals surface area contributed by atoms with Crippen molar-refractivity contribution in [3.63, 3.8) is 0 Å². The molecule has 0 bridgehead atoms. The SMILES string of the molecule is CC1=C/C(=N\Nc2ccc(S(=O)(=O)Nc3ccccc3)cc2[N+](=O)[O-])CC1. The number of nitrogens with zero attached hydrogens (tertiary/aromatic N) is 2. The van der Waals surface area contributed by atoms with Crippen molar-refractivity contribution in [1.82, 2.24) is 0 Å². The largest absolute Gasteiger partial charge is 0.295 e. The van der Waals surface area contributed by atoms with Gasteiger partial charge in [-0.2, -0.15) is 5.10 Å². The fourth-order valence-corrected chi connectivity index (χ4v) is 3.70. The number of benzene rings is 2. The maximum absolute atomic E-state index is 12.5. The number of nitrogens with one attached hydrogen (secondary N) is 2. The van der Waals surface area contributed by atoms with E-state index in [1.807, 2.05) is 13.0 Å². The molecule has 0 aromatic heterocycles. The molecule has 8 nitrogen and oxygen atoms in total. The van der Waals surface area contributed by atoms with Crippen LogP contribution in [0, 0.1) is 10.1 Å². The molecule has 2 N–H and O–H groups in total. The van der Waals surface area contributed by atoms with Gasteiger partial charge in [-0.15, -0.1) is 0 Å². The third kappa shape index (κ3) is 4.50. The highest BCUT2D eigenvalue weighted by Crippen LogP contribution is 2.29. The zero-order chi connectivity index (χ0) is 19.4. The summed E-state index contributed by atoms with van der Waals surface area (Å²) in [4.78, 5) is 10.6. The highest BCUT2D eigenvalue weighted by atomic mass is 32.2. The van der Waals surface area contributed by atoms with Gasteiger partial charge in [0.25, 0.3) is 15.7 Å². The van der Waals surface area contributed by atoms with Gasteiger partial charge in [-0.1, -0.05) is 23.8 Å². The van der Waals surface area contributed by atoms with E-state index in [4.69, 9.17) is 0 Å². The Morgan fingerprint density at radius 1 is 1.11 bits per heavy atom. The Labute approximate surface area is 156 Å². The lowest BCUT2D eigenvalue weighted by atomic mass is 10.3. The minimum Gasteiger partial charge on any atom is -0.280 e. The topological polar surface area (TPSA) is 114 Å². The van der Waals surface area contributed by atoms with Crippen molar-refractivity contribution in [1.29, 1.82) is 0 Å². The Kier molecular flexibility index (Phi) is 5.22. The first-order valence-corrected chi connectivity index (χ1v) is 9.69. The first-order valence-electron chi connectivity index (χ1n) is 8.21. The van der Waals surface area contributed by atoms with Crippen LogP contribution in [0.25, 0.3) is 0 Å². The van der Waals surface area contributed by atoms with Crippen LogP contribution in [0.5, 0.6) is 0 Å². The smallest absolute Gasteiger partial charge is 0.280 e. The van der Waals surface area contributed by atoms with Crippen molar-refractivity contribution >= 4 is 32.8 Å². The lowest BCUT2D eigenvalue weighted by Crippen LogP contribution is -2.13. The predicted molar refractivity (Wildman–Crippen MR) is 104 cm³/mol. The summed E-state index contributed by atoms with van der Waals surface area (Å²) in [5, 5.41) is 15.6. The average Bonchev–Trinajstić information content (AvgIpc) is 3.05. The monoisotopic (exact) mass is 386 g/mol. The minimum atomic E-state index is -3.95. The Morgan fingerprint density at radius 2 is 1.85 bits per heavy atom. The van der Waals surface area contributed by atoms with Gasteiger partial charge >= 0.3 is 0 Å². The number of hydrogen-bond acceptors (Lipinski definition) is 6. The van der Waals surface area contributed by atoms with Gasteiger partial charge in [0.05, 0.1) is 15.5 Å². The van der Waals surface area contributed by atoms with Crippen LogP contribution in [0.1, 0.15) is 19.8 Å². The molecule has 3 rings (SSSR count). The maximum Gasteiger partial charge on any atom is 0.295 e. The lowest BCUT2D eigenvalue weighted by Gasteiger charge is -2.09. The summed E-state index contributed by atoms with van der Waals surface area (Å²) in [6, 6.07) is 12.0. The zero-order valence-corrected chi connectivity index (χ0v) is 15.4. The van der Waals surface area contributed by atoms with Gasteiger partial charge < -0.3 is 0 Å². The van der Waals surface area contributed by atoms with Gasteiger partial charge in [0.15, 0.2) is 0 Å². The highest BCUT2D eigenvalue weighted by molar-refractivity contribution is 7.92. The summed E-state index contributed by atoms with van der Waals surface area (Å²) < 4.78 is 27.4. The van der Waals surface area contributed by atoms with E-state index in [9.17, 15) is 18.5 Å². The molecule has 27 heavy (non-hydrogen) atoms. The van der Waals surface area contributed by atoms with Crippen molar-refractivity contribution in [3.8, 4) is 0 Å². The van der Waals surface area contributed by atoms with E-state index in [0.717, 1.165) is 24.6 Å². The molecular weight excluding hydrogens is 368 g/mol. The van der Waals surface area contributed by atoms with Crippen LogP contribution < -0.4 is 10.1 Å². The third-order valence-electron chi connectivity index (χ3n) is 4.01. The van der Waals surface area contributed by atoms with Gasteiger partial charge in [-0.3, -0.25) is 20.3 Å². The van der Waals surface area contributed by atoms with Crippen LogP contribution in [0.3, 0.4) is 0 Å². The minimum absolute atomic E-state index is 0.129. The van der Waals surface area contributed by atoms with Crippen molar-refractivity contribution in [2.45, 2.75) is 24.7 Å². The summed E-state index contributed by atoms with van der Waals surface area (Å²) in [7, 11) is -3.95. The Balaban J connectivity index is 1.88. The molecule has 0 atom stereocenters. The molecule has 9 heteroatoms.